The van der Waals surface area contributed by atoms with Gasteiger partial charge in [-0.15, -0.1) is 0 Å². The minimum absolute atomic E-state index is 0.0659. The van der Waals surface area contributed by atoms with Gasteiger partial charge < -0.3 is 10.6 Å². The van der Waals surface area contributed by atoms with Gasteiger partial charge in [0.15, 0.2) is 5.82 Å². The van der Waals surface area contributed by atoms with Crippen molar-refractivity contribution in [3.8, 4) is 11.4 Å². The highest BCUT2D eigenvalue weighted by atomic mass is 16.1. The average molecular weight is 351 g/mol. The fourth-order valence-electron chi connectivity index (χ4n) is 4.04. The van der Waals surface area contributed by atoms with Crippen LogP contribution in [0.5, 0.6) is 0 Å². The Balaban J connectivity index is 1.52. The van der Waals surface area contributed by atoms with Crippen molar-refractivity contribution in [2.75, 3.05) is 5.32 Å². The van der Waals surface area contributed by atoms with Crippen molar-refractivity contribution in [1.82, 2.24) is 20.3 Å². The first-order valence-electron chi connectivity index (χ1n) is 9.53. The van der Waals surface area contributed by atoms with Gasteiger partial charge in [-0.3, -0.25) is 9.78 Å². The van der Waals surface area contributed by atoms with Gasteiger partial charge >= 0.3 is 0 Å². The zero-order valence-corrected chi connectivity index (χ0v) is 15.2. The Morgan fingerprint density at radius 1 is 1.12 bits per heavy atom. The molecule has 2 aromatic heterocycles. The quantitative estimate of drug-likeness (QED) is 0.885. The van der Waals surface area contributed by atoms with Crippen LogP contribution < -0.4 is 10.6 Å². The molecular weight excluding hydrogens is 326 g/mol. The predicted octanol–water partition coefficient (Wildman–Crippen LogP) is 2.89. The Morgan fingerprint density at radius 3 is 2.65 bits per heavy atom. The zero-order chi connectivity index (χ0) is 17.9. The molecule has 2 aliphatic carbocycles. The van der Waals surface area contributed by atoms with Gasteiger partial charge in [0.2, 0.25) is 5.91 Å². The molecule has 0 unspecified atom stereocenters. The van der Waals surface area contributed by atoms with Gasteiger partial charge in [-0.05, 0) is 57.1 Å². The van der Waals surface area contributed by atoms with E-state index in [0.29, 0.717) is 12.1 Å². The van der Waals surface area contributed by atoms with Gasteiger partial charge in [0.05, 0.1) is 0 Å². The van der Waals surface area contributed by atoms with E-state index < -0.39 is 0 Å². The molecule has 4 rings (SSSR count). The van der Waals surface area contributed by atoms with Gasteiger partial charge in [-0.1, -0.05) is 0 Å². The van der Waals surface area contributed by atoms with E-state index in [4.69, 9.17) is 9.97 Å². The molecule has 6 nitrogen and oxygen atoms in total. The Morgan fingerprint density at radius 2 is 1.92 bits per heavy atom. The third kappa shape index (κ3) is 3.69. The Labute approximate surface area is 153 Å². The summed E-state index contributed by atoms with van der Waals surface area (Å²) >= 11 is 0. The van der Waals surface area contributed by atoms with Crippen molar-refractivity contribution in [2.24, 2.45) is 0 Å². The number of hydrogen-bond donors (Lipinski definition) is 2. The standard InChI is InChI=1S/C20H25N5O/c1-13(26)22-15-7-9-16(10-8-15)23-20-17-5-2-6-18(17)24-19(25-20)14-4-3-11-21-12-14/h3-4,11-12,15-16H,2,5-10H2,1H3,(H,22,26)(H,23,24,25). The van der Waals surface area contributed by atoms with Crippen molar-refractivity contribution in [2.45, 2.75) is 64.0 Å². The van der Waals surface area contributed by atoms with E-state index in [1.807, 2.05) is 18.3 Å². The van der Waals surface area contributed by atoms with Crippen LogP contribution in [0.3, 0.4) is 0 Å². The number of amides is 1. The topological polar surface area (TPSA) is 79.8 Å². The van der Waals surface area contributed by atoms with Gasteiger partial charge in [-0.25, -0.2) is 9.97 Å². The fourth-order valence-corrected chi connectivity index (χ4v) is 4.04. The van der Waals surface area contributed by atoms with Crippen molar-refractivity contribution in [1.29, 1.82) is 0 Å². The average Bonchev–Trinajstić information content (AvgIpc) is 3.12. The van der Waals surface area contributed by atoms with Crippen molar-refractivity contribution in [3.63, 3.8) is 0 Å². The predicted molar refractivity (Wildman–Crippen MR) is 101 cm³/mol. The molecule has 0 saturated heterocycles. The lowest BCUT2D eigenvalue weighted by atomic mass is 9.91. The van der Waals surface area contributed by atoms with Crippen molar-refractivity contribution < 1.29 is 4.79 Å². The molecule has 0 radical (unpaired) electrons. The van der Waals surface area contributed by atoms with Crippen LogP contribution in [0.1, 0.15) is 50.3 Å². The first-order chi connectivity index (χ1) is 12.7. The number of carbonyl (C=O) groups is 1. The smallest absolute Gasteiger partial charge is 0.217 e. The summed E-state index contributed by atoms with van der Waals surface area (Å²) in [6, 6.07) is 4.64. The van der Waals surface area contributed by atoms with E-state index in [0.717, 1.165) is 62.2 Å². The second-order valence-corrected chi connectivity index (χ2v) is 7.31. The maximum Gasteiger partial charge on any atom is 0.217 e. The highest BCUT2D eigenvalue weighted by Gasteiger charge is 2.25. The Bertz CT molecular complexity index is 784. The molecule has 0 spiro atoms. The summed E-state index contributed by atoms with van der Waals surface area (Å²) in [6.07, 6.45) is 10.9. The lowest BCUT2D eigenvalue weighted by Crippen LogP contribution is -2.39. The maximum absolute atomic E-state index is 11.2. The number of pyridine rings is 1. The Kier molecular flexibility index (Phi) is 4.82. The number of nitrogens with zero attached hydrogens (tertiary/aromatic N) is 3. The minimum Gasteiger partial charge on any atom is -0.367 e. The summed E-state index contributed by atoms with van der Waals surface area (Å²) in [5.41, 5.74) is 3.41. The summed E-state index contributed by atoms with van der Waals surface area (Å²) in [6.45, 7) is 1.59. The van der Waals surface area contributed by atoms with Crippen LogP contribution in [-0.4, -0.2) is 32.9 Å². The molecule has 1 amide bonds. The first kappa shape index (κ1) is 16.9. The third-order valence-corrected chi connectivity index (χ3v) is 5.33. The maximum atomic E-state index is 11.2. The molecule has 2 N–H and O–H groups in total. The molecular formula is C20H25N5O. The highest BCUT2D eigenvalue weighted by Crippen LogP contribution is 2.31. The van der Waals surface area contributed by atoms with E-state index in [9.17, 15) is 4.79 Å². The summed E-state index contributed by atoms with van der Waals surface area (Å²) in [5.74, 6) is 1.82. The molecule has 26 heavy (non-hydrogen) atoms. The molecule has 136 valence electrons. The lowest BCUT2D eigenvalue weighted by Gasteiger charge is -2.30. The van der Waals surface area contributed by atoms with Gasteiger partial charge in [0.1, 0.15) is 5.82 Å². The fraction of sp³-hybridized carbons (Fsp3) is 0.500. The van der Waals surface area contributed by atoms with Gasteiger partial charge in [-0.2, -0.15) is 0 Å². The first-order valence-corrected chi connectivity index (χ1v) is 9.53. The monoisotopic (exact) mass is 351 g/mol. The van der Waals surface area contributed by atoms with Crippen LogP contribution >= 0.6 is 0 Å². The van der Waals surface area contributed by atoms with Crippen molar-refractivity contribution in [3.05, 3.63) is 35.8 Å². The molecule has 1 saturated carbocycles. The van der Waals surface area contributed by atoms with Crippen molar-refractivity contribution >= 4 is 11.7 Å². The number of nitrogens with one attached hydrogen (secondary N) is 2. The molecule has 0 aromatic carbocycles. The van der Waals surface area contributed by atoms with E-state index in [-0.39, 0.29) is 5.91 Å². The molecule has 2 heterocycles. The molecule has 1 fully saturated rings. The Hall–Kier alpha value is -2.50. The minimum atomic E-state index is 0.0659. The number of rotatable bonds is 4. The summed E-state index contributed by atoms with van der Waals surface area (Å²) in [5, 5.41) is 6.72. The summed E-state index contributed by atoms with van der Waals surface area (Å²) in [4.78, 5) is 25.1. The number of carbonyl (C=O) groups excluding carboxylic acids is 1. The molecule has 0 atom stereocenters. The number of anilines is 1. The SMILES string of the molecule is CC(=O)NC1CCC(Nc2nc(-c3cccnc3)nc3c2CCC3)CC1. The molecule has 6 heteroatoms. The number of fused-ring (bicyclic) bond motifs is 1. The second-order valence-electron chi connectivity index (χ2n) is 7.31. The van der Waals surface area contributed by atoms with Gasteiger partial charge in [0.25, 0.3) is 0 Å². The third-order valence-electron chi connectivity index (χ3n) is 5.33. The summed E-state index contributed by atoms with van der Waals surface area (Å²) in [7, 11) is 0. The van der Waals surface area contributed by atoms with Gasteiger partial charge in [0, 0.05) is 48.2 Å². The second kappa shape index (κ2) is 7.40. The van der Waals surface area contributed by atoms with Crippen LogP contribution in [0.25, 0.3) is 11.4 Å². The summed E-state index contributed by atoms with van der Waals surface area (Å²) < 4.78 is 0. The number of hydrogen-bond acceptors (Lipinski definition) is 5. The van der Waals surface area contributed by atoms with Crippen LogP contribution in [0.15, 0.2) is 24.5 Å². The van der Waals surface area contributed by atoms with Crippen LogP contribution in [-0.2, 0) is 17.6 Å². The van der Waals surface area contributed by atoms with Crippen LogP contribution in [0.4, 0.5) is 5.82 Å². The molecule has 0 aliphatic heterocycles. The van der Waals surface area contributed by atoms with Crippen LogP contribution in [0, 0.1) is 0 Å². The number of aryl methyl sites for hydroxylation is 1. The highest BCUT2D eigenvalue weighted by molar-refractivity contribution is 5.73. The largest absolute Gasteiger partial charge is 0.367 e. The normalized spacial score (nSPS) is 21.9. The van der Waals surface area contributed by atoms with E-state index in [1.165, 1.54) is 11.3 Å². The molecule has 2 aliphatic rings. The lowest BCUT2D eigenvalue weighted by molar-refractivity contribution is -0.119. The molecule has 2 aromatic rings. The van der Waals surface area contributed by atoms with Crippen LogP contribution in [0.2, 0.25) is 0 Å². The van der Waals surface area contributed by atoms with E-state index in [1.54, 1.807) is 13.1 Å². The number of aromatic nitrogens is 3. The van der Waals surface area contributed by atoms with E-state index in [2.05, 4.69) is 15.6 Å². The van der Waals surface area contributed by atoms with E-state index >= 15 is 0 Å². The zero-order valence-electron chi connectivity index (χ0n) is 15.2. The molecule has 0 bridgehead atoms.